The van der Waals surface area contributed by atoms with Crippen molar-refractivity contribution in [1.82, 2.24) is 10.3 Å². The van der Waals surface area contributed by atoms with Crippen molar-refractivity contribution in [2.45, 2.75) is 32.6 Å². The summed E-state index contributed by atoms with van der Waals surface area (Å²) in [6, 6.07) is 1.67. The van der Waals surface area contributed by atoms with Crippen LogP contribution in [0.4, 0.5) is 5.69 Å². The van der Waals surface area contributed by atoms with Gasteiger partial charge in [-0.3, -0.25) is 15.6 Å². The average molecular weight is 248 g/mol. The molecule has 1 amide bonds. The smallest absolute Gasteiger partial charge is 0.253 e. The molecule has 2 rings (SSSR count). The van der Waals surface area contributed by atoms with Crippen LogP contribution in [0, 0.1) is 5.41 Å². The van der Waals surface area contributed by atoms with Crippen molar-refractivity contribution in [2.24, 2.45) is 11.3 Å². The van der Waals surface area contributed by atoms with Gasteiger partial charge in [0.1, 0.15) is 0 Å². The second-order valence-electron chi connectivity index (χ2n) is 5.00. The second-order valence-corrected chi connectivity index (χ2v) is 5.00. The molecule has 1 saturated carbocycles. The Balaban J connectivity index is 1.96. The van der Waals surface area contributed by atoms with E-state index in [9.17, 15) is 4.79 Å². The molecule has 5 heteroatoms. The molecule has 0 spiro atoms. The largest absolute Gasteiger partial charge is 0.351 e. The molecule has 0 bridgehead atoms. The fraction of sp³-hybridized carbons (Fsp3) is 0.538. The third kappa shape index (κ3) is 2.79. The first-order valence-corrected chi connectivity index (χ1v) is 6.39. The summed E-state index contributed by atoms with van der Waals surface area (Å²) in [7, 11) is 0. The van der Waals surface area contributed by atoms with Gasteiger partial charge in [-0.15, -0.1) is 0 Å². The van der Waals surface area contributed by atoms with Crippen LogP contribution in [0.15, 0.2) is 18.5 Å². The van der Waals surface area contributed by atoms with E-state index in [1.807, 2.05) is 0 Å². The zero-order valence-corrected chi connectivity index (χ0v) is 10.7. The van der Waals surface area contributed by atoms with Crippen LogP contribution in [0.3, 0.4) is 0 Å². The number of nitrogen functional groups attached to an aromatic ring is 1. The van der Waals surface area contributed by atoms with Gasteiger partial charge in [0.2, 0.25) is 0 Å². The number of amides is 1. The van der Waals surface area contributed by atoms with Crippen LogP contribution in [0.25, 0.3) is 0 Å². The number of nitrogens with zero attached hydrogens (tertiary/aromatic N) is 1. The molecule has 4 N–H and O–H groups in total. The van der Waals surface area contributed by atoms with Crippen molar-refractivity contribution in [3.05, 3.63) is 24.0 Å². The Labute approximate surface area is 107 Å². The number of nitrogens with two attached hydrogens (primary N) is 1. The van der Waals surface area contributed by atoms with E-state index in [1.54, 1.807) is 18.5 Å². The molecule has 0 atom stereocenters. The van der Waals surface area contributed by atoms with Crippen LogP contribution in [0.1, 0.15) is 43.0 Å². The summed E-state index contributed by atoms with van der Waals surface area (Å²) >= 11 is 0. The van der Waals surface area contributed by atoms with E-state index in [4.69, 9.17) is 5.84 Å². The summed E-state index contributed by atoms with van der Waals surface area (Å²) in [5.74, 6) is 5.27. The number of nitrogens with one attached hydrogen (secondary N) is 2. The number of pyridine rings is 1. The molecular weight excluding hydrogens is 228 g/mol. The quantitative estimate of drug-likeness (QED) is 0.528. The second kappa shape index (κ2) is 5.35. The first-order chi connectivity index (χ1) is 8.71. The third-order valence-corrected chi connectivity index (χ3v) is 3.58. The van der Waals surface area contributed by atoms with E-state index in [2.05, 4.69) is 22.7 Å². The highest BCUT2D eigenvalue weighted by Gasteiger charge is 2.41. The minimum Gasteiger partial charge on any atom is -0.351 e. The molecule has 18 heavy (non-hydrogen) atoms. The van der Waals surface area contributed by atoms with E-state index < -0.39 is 0 Å². The Kier molecular flexibility index (Phi) is 3.81. The van der Waals surface area contributed by atoms with Crippen molar-refractivity contribution < 1.29 is 4.79 Å². The van der Waals surface area contributed by atoms with E-state index in [1.165, 1.54) is 25.7 Å². The van der Waals surface area contributed by atoms with Gasteiger partial charge in [-0.25, -0.2) is 0 Å². The van der Waals surface area contributed by atoms with Crippen LogP contribution < -0.4 is 16.6 Å². The topological polar surface area (TPSA) is 80.0 Å². The van der Waals surface area contributed by atoms with Crippen molar-refractivity contribution in [2.75, 3.05) is 12.0 Å². The number of anilines is 1. The maximum Gasteiger partial charge on any atom is 0.253 e. The predicted octanol–water partition coefficient (Wildman–Crippen LogP) is 1.68. The van der Waals surface area contributed by atoms with E-state index in [0.29, 0.717) is 16.7 Å². The van der Waals surface area contributed by atoms with Gasteiger partial charge in [-0.05, 0) is 30.7 Å². The fourth-order valence-corrected chi connectivity index (χ4v) is 2.29. The number of hydrogen-bond acceptors (Lipinski definition) is 4. The highest BCUT2D eigenvalue weighted by Crippen LogP contribution is 2.48. The first-order valence-electron chi connectivity index (χ1n) is 6.39. The molecule has 5 nitrogen and oxygen atoms in total. The predicted molar refractivity (Wildman–Crippen MR) is 71.0 cm³/mol. The van der Waals surface area contributed by atoms with Gasteiger partial charge in [-0.1, -0.05) is 13.3 Å². The lowest BCUT2D eigenvalue weighted by Gasteiger charge is -2.15. The number of hydrogen-bond donors (Lipinski definition) is 3. The maximum atomic E-state index is 12.1. The summed E-state index contributed by atoms with van der Waals surface area (Å²) in [6.07, 6.45) is 7.94. The minimum atomic E-state index is -0.0901. The SMILES string of the molecule is CCCC1(CNC(=O)c2ccncc2NN)CC1. The van der Waals surface area contributed by atoms with Crippen molar-refractivity contribution in [3.63, 3.8) is 0 Å². The van der Waals surface area contributed by atoms with E-state index in [0.717, 1.165) is 6.54 Å². The van der Waals surface area contributed by atoms with Crippen molar-refractivity contribution >= 4 is 11.6 Å². The normalized spacial score (nSPS) is 16.1. The lowest BCUT2D eigenvalue weighted by molar-refractivity contribution is 0.0944. The Morgan fingerprint density at radius 1 is 1.56 bits per heavy atom. The molecule has 0 radical (unpaired) electrons. The molecular formula is C13H20N4O. The molecule has 98 valence electrons. The lowest BCUT2D eigenvalue weighted by Crippen LogP contribution is -2.31. The Bertz CT molecular complexity index is 429. The third-order valence-electron chi connectivity index (χ3n) is 3.58. The zero-order chi connectivity index (χ0) is 13.0. The number of carbonyl (C=O) groups excluding carboxylic acids is 1. The average Bonchev–Trinajstić information content (AvgIpc) is 3.16. The lowest BCUT2D eigenvalue weighted by atomic mass is 10.0. The molecule has 1 aromatic rings. The molecule has 0 unspecified atom stereocenters. The number of aromatic nitrogens is 1. The van der Waals surface area contributed by atoms with Gasteiger partial charge < -0.3 is 10.7 Å². The Hall–Kier alpha value is -1.62. The Morgan fingerprint density at radius 3 is 2.94 bits per heavy atom. The summed E-state index contributed by atoms with van der Waals surface area (Å²) in [4.78, 5) is 16.0. The number of rotatable bonds is 6. The standard InChI is InChI=1S/C13H20N4O/c1-2-4-13(5-6-13)9-16-12(18)10-3-7-15-8-11(10)17-14/h3,7-8,17H,2,4-6,9,14H2,1H3,(H,16,18). The van der Waals surface area contributed by atoms with Crippen LogP contribution in [0.2, 0.25) is 0 Å². The van der Waals surface area contributed by atoms with Gasteiger partial charge in [0.05, 0.1) is 17.4 Å². The van der Waals surface area contributed by atoms with Gasteiger partial charge in [-0.2, -0.15) is 0 Å². The minimum absolute atomic E-state index is 0.0901. The fourth-order valence-electron chi connectivity index (χ4n) is 2.29. The van der Waals surface area contributed by atoms with E-state index >= 15 is 0 Å². The van der Waals surface area contributed by atoms with Crippen LogP contribution in [0.5, 0.6) is 0 Å². The van der Waals surface area contributed by atoms with Gasteiger partial charge >= 0.3 is 0 Å². The van der Waals surface area contributed by atoms with E-state index in [-0.39, 0.29) is 5.91 Å². The maximum absolute atomic E-state index is 12.1. The Morgan fingerprint density at radius 2 is 2.33 bits per heavy atom. The highest BCUT2D eigenvalue weighted by atomic mass is 16.1. The first kappa shape index (κ1) is 12.8. The van der Waals surface area contributed by atoms with Crippen molar-refractivity contribution in [1.29, 1.82) is 0 Å². The van der Waals surface area contributed by atoms with Gasteiger partial charge in [0.25, 0.3) is 5.91 Å². The number of hydrazine groups is 1. The summed E-state index contributed by atoms with van der Waals surface area (Å²) < 4.78 is 0. The van der Waals surface area contributed by atoms with Crippen LogP contribution in [-0.2, 0) is 0 Å². The van der Waals surface area contributed by atoms with Gasteiger partial charge in [0, 0.05) is 12.7 Å². The van der Waals surface area contributed by atoms with Gasteiger partial charge in [0.15, 0.2) is 0 Å². The van der Waals surface area contributed by atoms with Crippen LogP contribution >= 0.6 is 0 Å². The molecule has 1 aliphatic rings. The zero-order valence-electron chi connectivity index (χ0n) is 10.7. The number of carbonyl (C=O) groups is 1. The molecule has 1 aromatic heterocycles. The summed E-state index contributed by atoms with van der Waals surface area (Å²) in [6.45, 7) is 2.94. The molecule has 0 saturated heterocycles. The molecule has 1 aliphatic carbocycles. The summed E-state index contributed by atoms with van der Waals surface area (Å²) in [5, 5.41) is 3.00. The van der Waals surface area contributed by atoms with Crippen LogP contribution in [-0.4, -0.2) is 17.4 Å². The highest BCUT2D eigenvalue weighted by molar-refractivity contribution is 5.99. The molecule has 1 heterocycles. The summed E-state index contributed by atoms with van der Waals surface area (Å²) in [5.41, 5.74) is 3.94. The van der Waals surface area contributed by atoms with Crippen molar-refractivity contribution in [3.8, 4) is 0 Å². The molecule has 0 aliphatic heterocycles. The monoisotopic (exact) mass is 248 g/mol. The molecule has 1 fully saturated rings. The molecule has 0 aromatic carbocycles.